The third-order valence-electron chi connectivity index (χ3n) is 6.10. The molecule has 2 aliphatic rings. The van der Waals surface area contributed by atoms with Gasteiger partial charge in [-0.2, -0.15) is 0 Å². The van der Waals surface area contributed by atoms with Crippen molar-refractivity contribution >= 4 is 5.91 Å². The quantitative estimate of drug-likeness (QED) is 0.881. The minimum Gasteiger partial charge on any atom is -0.389 e. The summed E-state index contributed by atoms with van der Waals surface area (Å²) in [5, 5.41) is 11.2. The van der Waals surface area contributed by atoms with Crippen molar-refractivity contribution in [3.8, 4) is 0 Å². The average Bonchev–Trinajstić information content (AvgIpc) is 3.10. The molecule has 2 atom stereocenters. The number of aromatic nitrogens is 2. The van der Waals surface area contributed by atoms with Crippen LogP contribution in [-0.2, 0) is 22.5 Å². The summed E-state index contributed by atoms with van der Waals surface area (Å²) in [6, 6.07) is 0. The molecule has 2 saturated heterocycles. The van der Waals surface area contributed by atoms with E-state index in [1.165, 1.54) is 0 Å². The maximum absolute atomic E-state index is 12.6. The Morgan fingerprint density at radius 1 is 1.44 bits per heavy atom. The molecule has 1 N–H and O–H groups in total. The van der Waals surface area contributed by atoms with E-state index in [-0.39, 0.29) is 11.8 Å². The number of piperidine rings is 1. The van der Waals surface area contributed by atoms with Crippen molar-refractivity contribution in [2.75, 3.05) is 26.3 Å². The van der Waals surface area contributed by atoms with Crippen molar-refractivity contribution in [3.63, 3.8) is 0 Å². The Bertz CT molecular complexity index is 582. The van der Waals surface area contributed by atoms with Crippen molar-refractivity contribution in [1.82, 2.24) is 14.5 Å². The molecule has 0 aliphatic carbocycles. The maximum atomic E-state index is 12.6. The predicted molar refractivity (Wildman–Crippen MR) is 95.1 cm³/mol. The van der Waals surface area contributed by atoms with Crippen LogP contribution in [0.15, 0.2) is 12.4 Å². The summed E-state index contributed by atoms with van der Waals surface area (Å²) in [7, 11) is 0. The second-order valence-electron chi connectivity index (χ2n) is 7.51. The molecule has 25 heavy (non-hydrogen) atoms. The number of imidazole rings is 1. The number of amides is 1. The van der Waals surface area contributed by atoms with Crippen molar-refractivity contribution in [2.24, 2.45) is 11.8 Å². The lowest BCUT2D eigenvalue weighted by Crippen LogP contribution is -2.56. The lowest BCUT2D eigenvalue weighted by molar-refractivity contribution is -0.151. The zero-order valence-electron chi connectivity index (χ0n) is 15.5. The Labute approximate surface area is 150 Å². The average molecular weight is 349 g/mol. The first kappa shape index (κ1) is 18.4. The number of nitrogens with zero attached hydrogens (tertiary/aromatic N) is 3. The number of aliphatic hydroxyl groups is 1. The molecule has 1 amide bonds. The lowest BCUT2D eigenvalue weighted by atomic mass is 9.70. The topological polar surface area (TPSA) is 67.6 Å². The number of carbonyl (C=O) groups excluding carboxylic acids is 1. The number of likely N-dealkylation sites (tertiary alicyclic amines) is 1. The fourth-order valence-electron chi connectivity index (χ4n) is 4.40. The van der Waals surface area contributed by atoms with Gasteiger partial charge in [-0.25, -0.2) is 4.98 Å². The van der Waals surface area contributed by atoms with Gasteiger partial charge >= 0.3 is 0 Å². The van der Waals surface area contributed by atoms with Crippen LogP contribution in [0.3, 0.4) is 0 Å². The zero-order valence-corrected chi connectivity index (χ0v) is 15.5. The van der Waals surface area contributed by atoms with Crippen molar-refractivity contribution in [1.29, 1.82) is 0 Å². The molecular formula is C19H31N3O3. The van der Waals surface area contributed by atoms with Crippen LogP contribution in [0, 0.1) is 11.8 Å². The monoisotopic (exact) mass is 349 g/mol. The standard InChI is InChI=1S/C19H31N3O3/c1-3-17-20-8-11-21(17)9-4-18(23)22-10-7-19(24,15(2)14-22)16-5-12-25-13-6-16/h8,11,15-16,24H,3-7,9-10,12-14H2,1-2H3/t15-,19+/m1/s1. The Hall–Kier alpha value is -1.40. The highest BCUT2D eigenvalue weighted by atomic mass is 16.5. The molecular weight excluding hydrogens is 318 g/mol. The van der Waals surface area contributed by atoms with Crippen molar-refractivity contribution < 1.29 is 14.6 Å². The highest BCUT2D eigenvalue weighted by Crippen LogP contribution is 2.39. The minimum absolute atomic E-state index is 0.104. The van der Waals surface area contributed by atoms with E-state index in [0.717, 1.165) is 38.3 Å². The van der Waals surface area contributed by atoms with Gasteiger partial charge in [-0.3, -0.25) is 4.79 Å². The minimum atomic E-state index is -0.652. The van der Waals surface area contributed by atoms with Crippen LogP contribution in [-0.4, -0.2) is 57.4 Å². The van der Waals surface area contributed by atoms with Crippen LogP contribution in [0.25, 0.3) is 0 Å². The van der Waals surface area contributed by atoms with Crippen molar-refractivity contribution in [2.45, 2.75) is 58.1 Å². The Kier molecular flexibility index (Phi) is 5.79. The highest BCUT2D eigenvalue weighted by molar-refractivity contribution is 5.76. The van der Waals surface area contributed by atoms with E-state index in [4.69, 9.17) is 4.74 Å². The summed E-state index contributed by atoms with van der Waals surface area (Å²) in [6.45, 7) is 7.63. The molecule has 1 aromatic rings. The van der Waals surface area contributed by atoms with E-state index in [0.29, 0.717) is 38.4 Å². The molecule has 3 rings (SSSR count). The molecule has 0 saturated carbocycles. The lowest BCUT2D eigenvalue weighted by Gasteiger charge is -2.48. The number of ether oxygens (including phenoxy) is 1. The number of hydrogen-bond acceptors (Lipinski definition) is 4. The van der Waals surface area contributed by atoms with E-state index in [1.807, 2.05) is 11.1 Å². The SMILES string of the molecule is CCc1nccn1CCC(=O)N1CC[C@@](O)(C2CCOCC2)[C@H](C)C1. The number of aryl methyl sites for hydroxylation is 2. The van der Waals surface area contributed by atoms with Crippen LogP contribution in [0.2, 0.25) is 0 Å². The normalized spacial score (nSPS) is 28.3. The maximum Gasteiger partial charge on any atom is 0.224 e. The molecule has 2 aliphatic heterocycles. The van der Waals surface area contributed by atoms with Gasteiger partial charge in [0.1, 0.15) is 5.82 Å². The van der Waals surface area contributed by atoms with Crippen LogP contribution in [0.4, 0.5) is 0 Å². The summed E-state index contributed by atoms with van der Waals surface area (Å²) in [4.78, 5) is 18.9. The third kappa shape index (κ3) is 3.90. The van der Waals surface area contributed by atoms with Crippen LogP contribution in [0.5, 0.6) is 0 Å². The molecule has 3 heterocycles. The summed E-state index contributed by atoms with van der Waals surface area (Å²) in [6.07, 6.45) is 7.63. The van der Waals surface area contributed by atoms with E-state index < -0.39 is 5.60 Å². The van der Waals surface area contributed by atoms with Gasteiger partial charge in [0.15, 0.2) is 0 Å². The highest BCUT2D eigenvalue weighted by Gasteiger charge is 2.45. The first-order chi connectivity index (χ1) is 12.0. The summed E-state index contributed by atoms with van der Waals surface area (Å²) in [5.41, 5.74) is -0.652. The fraction of sp³-hybridized carbons (Fsp3) is 0.789. The molecule has 140 valence electrons. The summed E-state index contributed by atoms with van der Waals surface area (Å²) in [5.74, 6) is 1.60. The molecule has 0 bridgehead atoms. The zero-order chi connectivity index (χ0) is 17.9. The fourth-order valence-corrected chi connectivity index (χ4v) is 4.40. The van der Waals surface area contributed by atoms with Gasteiger partial charge in [0.2, 0.25) is 5.91 Å². The molecule has 0 unspecified atom stereocenters. The predicted octanol–water partition coefficient (Wildman–Crippen LogP) is 1.86. The molecule has 1 aromatic heterocycles. The van der Waals surface area contributed by atoms with Gasteiger partial charge in [-0.1, -0.05) is 13.8 Å². The number of hydrogen-bond donors (Lipinski definition) is 1. The van der Waals surface area contributed by atoms with Crippen molar-refractivity contribution in [3.05, 3.63) is 18.2 Å². The van der Waals surface area contributed by atoms with E-state index >= 15 is 0 Å². The molecule has 0 spiro atoms. The van der Waals surface area contributed by atoms with Gasteiger partial charge in [0.05, 0.1) is 5.60 Å². The number of rotatable bonds is 5. The second-order valence-corrected chi connectivity index (χ2v) is 7.51. The Morgan fingerprint density at radius 2 is 2.20 bits per heavy atom. The van der Waals surface area contributed by atoms with Gasteiger partial charge in [-0.05, 0) is 25.2 Å². The second kappa shape index (κ2) is 7.87. The molecule has 6 nitrogen and oxygen atoms in total. The van der Waals surface area contributed by atoms with E-state index in [1.54, 1.807) is 6.20 Å². The van der Waals surface area contributed by atoms with Crippen LogP contribution < -0.4 is 0 Å². The van der Waals surface area contributed by atoms with Gasteiger partial charge < -0.3 is 19.3 Å². The molecule has 6 heteroatoms. The molecule has 0 aromatic carbocycles. The van der Waals surface area contributed by atoms with Gasteiger partial charge in [-0.15, -0.1) is 0 Å². The number of carbonyl (C=O) groups is 1. The smallest absolute Gasteiger partial charge is 0.224 e. The van der Waals surface area contributed by atoms with Gasteiger partial charge in [0.25, 0.3) is 0 Å². The van der Waals surface area contributed by atoms with Gasteiger partial charge in [0, 0.05) is 64.0 Å². The Morgan fingerprint density at radius 3 is 2.88 bits per heavy atom. The summed E-state index contributed by atoms with van der Waals surface area (Å²) < 4.78 is 7.49. The van der Waals surface area contributed by atoms with Crippen LogP contribution >= 0.6 is 0 Å². The first-order valence-electron chi connectivity index (χ1n) is 9.62. The summed E-state index contributed by atoms with van der Waals surface area (Å²) >= 11 is 0. The van der Waals surface area contributed by atoms with E-state index in [9.17, 15) is 9.90 Å². The van der Waals surface area contributed by atoms with Crippen LogP contribution in [0.1, 0.15) is 45.4 Å². The van der Waals surface area contributed by atoms with E-state index in [2.05, 4.69) is 23.4 Å². The molecule has 0 radical (unpaired) electrons. The Balaban J connectivity index is 1.54. The third-order valence-corrected chi connectivity index (χ3v) is 6.10. The molecule has 2 fully saturated rings. The first-order valence-corrected chi connectivity index (χ1v) is 9.62. The largest absolute Gasteiger partial charge is 0.389 e.